The zero-order valence-corrected chi connectivity index (χ0v) is 10.4. The van der Waals surface area contributed by atoms with Gasteiger partial charge in [0.05, 0.1) is 0 Å². The van der Waals surface area contributed by atoms with E-state index in [9.17, 15) is 5.11 Å². The Balaban J connectivity index is 2.69. The Morgan fingerprint density at radius 2 is 1.41 bits per heavy atom. The smallest absolute Gasteiger partial charge is 0.123 e. The van der Waals surface area contributed by atoms with Gasteiger partial charge in [0.1, 0.15) is 5.75 Å². The topological polar surface area (TPSA) is 20.2 Å². The Kier molecular flexibility index (Phi) is 3.48. The number of aryl methyl sites for hydroxylation is 2. The Morgan fingerprint density at radius 3 is 1.94 bits per heavy atom. The lowest BCUT2D eigenvalue weighted by molar-refractivity contribution is 0.477. The standard InChI is InChI=1S/C16H18O/c1-3-12-8-7-9-13(4-2)16(12)14-10-5-6-11-15(14)17/h5-11,17H,3-4H2,1-2H3. The van der Waals surface area contributed by atoms with Gasteiger partial charge in [0, 0.05) is 5.56 Å². The number of rotatable bonds is 3. The van der Waals surface area contributed by atoms with Crippen LogP contribution in [0, 0.1) is 0 Å². The number of phenolic OH excluding ortho intramolecular Hbond substituents is 1. The van der Waals surface area contributed by atoms with Crippen LogP contribution in [0.4, 0.5) is 0 Å². The van der Waals surface area contributed by atoms with Crippen molar-refractivity contribution >= 4 is 0 Å². The molecule has 0 spiro atoms. The largest absolute Gasteiger partial charge is 0.507 e. The molecule has 0 amide bonds. The number of para-hydroxylation sites is 1. The summed E-state index contributed by atoms with van der Waals surface area (Å²) in [7, 11) is 0. The Labute approximate surface area is 103 Å². The molecule has 2 rings (SSSR count). The average Bonchev–Trinajstić information content (AvgIpc) is 2.38. The number of hydrogen-bond acceptors (Lipinski definition) is 1. The molecule has 0 bridgehead atoms. The first-order valence-corrected chi connectivity index (χ1v) is 6.17. The van der Waals surface area contributed by atoms with Gasteiger partial charge in [0.2, 0.25) is 0 Å². The lowest BCUT2D eigenvalue weighted by Gasteiger charge is -2.14. The van der Waals surface area contributed by atoms with Crippen molar-refractivity contribution in [3.05, 3.63) is 53.6 Å². The van der Waals surface area contributed by atoms with Crippen LogP contribution < -0.4 is 0 Å². The van der Waals surface area contributed by atoms with Crippen molar-refractivity contribution in [2.24, 2.45) is 0 Å². The molecule has 17 heavy (non-hydrogen) atoms. The molecule has 0 unspecified atom stereocenters. The predicted octanol–water partition coefficient (Wildman–Crippen LogP) is 4.18. The van der Waals surface area contributed by atoms with Gasteiger partial charge in [-0.1, -0.05) is 50.2 Å². The maximum atomic E-state index is 10.0. The van der Waals surface area contributed by atoms with E-state index >= 15 is 0 Å². The molecule has 0 aliphatic heterocycles. The highest BCUT2D eigenvalue weighted by molar-refractivity contribution is 5.76. The molecule has 0 aliphatic rings. The quantitative estimate of drug-likeness (QED) is 0.832. The molecule has 2 aromatic rings. The highest BCUT2D eigenvalue weighted by Gasteiger charge is 2.11. The molecule has 0 saturated carbocycles. The molecular formula is C16H18O. The second-order valence-corrected chi connectivity index (χ2v) is 4.18. The Hall–Kier alpha value is -1.76. The summed E-state index contributed by atoms with van der Waals surface area (Å²) < 4.78 is 0. The van der Waals surface area contributed by atoms with E-state index in [-0.39, 0.29) is 0 Å². The molecule has 0 aromatic heterocycles. The minimum absolute atomic E-state index is 0.364. The third kappa shape index (κ3) is 2.19. The van der Waals surface area contributed by atoms with E-state index in [1.165, 1.54) is 16.7 Å². The van der Waals surface area contributed by atoms with Crippen molar-refractivity contribution in [3.8, 4) is 16.9 Å². The van der Waals surface area contributed by atoms with Crippen molar-refractivity contribution in [2.45, 2.75) is 26.7 Å². The van der Waals surface area contributed by atoms with Crippen LogP contribution in [0.3, 0.4) is 0 Å². The van der Waals surface area contributed by atoms with E-state index in [1.54, 1.807) is 6.07 Å². The van der Waals surface area contributed by atoms with Crippen LogP contribution in [0.25, 0.3) is 11.1 Å². The van der Waals surface area contributed by atoms with Crippen molar-refractivity contribution in [1.29, 1.82) is 0 Å². The highest BCUT2D eigenvalue weighted by atomic mass is 16.3. The lowest BCUT2D eigenvalue weighted by atomic mass is 9.91. The summed E-state index contributed by atoms with van der Waals surface area (Å²) in [5, 5.41) is 10.0. The number of aromatic hydroxyl groups is 1. The van der Waals surface area contributed by atoms with Gasteiger partial charge in [-0.2, -0.15) is 0 Å². The van der Waals surface area contributed by atoms with Gasteiger partial charge in [-0.05, 0) is 35.6 Å². The maximum absolute atomic E-state index is 10.0. The van der Waals surface area contributed by atoms with Crippen LogP contribution in [-0.4, -0.2) is 5.11 Å². The minimum atomic E-state index is 0.364. The molecule has 0 atom stereocenters. The number of phenols is 1. The number of benzene rings is 2. The van der Waals surface area contributed by atoms with Gasteiger partial charge >= 0.3 is 0 Å². The summed E-state index contributed by atoms with van der Waals surface area (Å²) in [6, 6.07) is 14.0. The summed E-state index contributed by atoms with van der Waals surface area (Å²) in [6.07, 6.45) is 1.97. The van der Waals surface area contributed by atoms with E-state index in [4.69, 9.17) is 0 Å². The summed E-state index contributed by atoms with van der Waals surface area (Å²) in [5.41, 5.74) is 4.74. The third-order valence-corrected chi connectivity index (χ3v) is 3.17. The Bertz CT molecular complexity index is 492. The van der Waals surface area contributed by atoms with Gasteiger partial charge in [-0.3, -0.25) is 0 Å². The fourth-order valence-corrected chi connectivity index (χ4v) is 2.27. The Morgan fingerprint density at radius 1 is 0.824 bits per heavy atom. The van der Waals surface area contributed by atoms with E-state index in [0.717, 1.165) is 18.4 Å². The first kappa shape index (κ1) is 11.7. The zero-order chi connectivity index (χ0) is 12.3. The summed E-state index contributed by atoms with van der Waals surface area (Å²) in [5.74, 6) is 0.364. The second kappa shape index (κ2) is 5.05. The lowest BCUT2D eigenvalue weighted by Crippen LogP contribution is -1.94. The molecular weight excluding hydrogens is 208 g/mol. The molecule has 0 radical (unpaired) electrons. The molecule has 1 N–H and O–H groups in total. The maximum Gasteiger partial charge on any atom is 0.123 e. The zero-order valence-electron chi connectivity index (χ0n) is 10.4. The van der Waals surface area contributed by atoms with Crippen LogP contribution in [0.2, 0.25) is 0 Å². The molecule has 88 valence electrons. The van der Waals surface area contributed by atoms with Crippen LogP contribution in [0.15, 0.2) is 42.5 Å². The van der Waals surface area contributed by atoms with Gasteiger partial charge in [-0.15, -0.1) is 0 Å². The average molecular weight is 226 g/mol. The minimum Gasteiger partial charge on any atom is -0.507 e. The SMILES string of the molecule is CCc1cccc(CC)c1-c1ccccc1O. The second-order valence-electron chi connectivity index (χ2n) is 4.18. The fourth-order valence-electron chi connectivity index (χ4n) is 2.27. The normalized spacial score (nSPS) is 10.5. The third-order valence-electron chi connectivity index (χ3n) is 3.17. The van der Waals surface area contributed by atoms with E-state index in [1.807, 2.05) is 18.2 Å². The van der Waals surface area contributed by atoms with E-state index in [2.05, 4.69) is 32.0 Å². The van der Waals surface area contributed by atoms with Crippen molar-refractivity contribution in [3.63, 3.8) is 0 Å². The predicted molar refractivity (Wildman–Crippen MR) is 72.3 cm³/mol. The molecule has 0 fully saturated rings. The monoisotopic (exact) mass is 226 g/mol. The molecule has 2 aromatic carbocycles. The van der Waals surface area contributed by atoms with Crippen molar-refractivity contribution in [2.75, 3.05) is 0 Å². The van der Waals surface area contributed by atoms with Gasteiger partial charge < -0.3 is 5.11 Å². The van der Waals surface area contributed by atoms with Crippen LogP contribution >= 0.6 is 0 Å². The molecule has 1 heteroatoms. The van der Waals surface area contributed by atoms with Gasteiger partial charge in [0.25, 0.3) is 0 Å². The first-order valence-electron chi connectivity index (χ1n) is 6.17. The summed E-state index contributed by atoms with van der Waals surface area (Å²) >= 11 is 0. The first-order chi connectivity index (χ1) is 8.27. The molecule has 1 nitrogen and oxygen atoms in total. The van der Waals surface area contributed by atoms with Crippen LogP contribution in [-0.2, 0) is 12.8 Å². The van der Waals surface area contributed by atoms with Crippen LogP contribution in [0.1, 0.15) is 25.0 Å². The highest BCUT2D eigenvalue weighted by Crippen LogP contribution is 2.34. The molecule has 0 aliphatic carbocycles. The summed E-state index contributed by atoms with van der Waals surface area (Å²) in [4.78, 5) is 0. The molecule has 0 heterocycles. The molecule has 0 saturated heterocycles. The van der Waals surface area contributed by atoms with E-state index < -0.39 is 0 Å². The van der Waals surface area contributed by atoms with Crippen molar-refractivity contribution < 1.29 is 5.11 Å². The summed E-state index contributed by atoms with van der Waals surface area (Å²) in [6.45, 7) is 4.30. The number of hydrogen-bond donors (Lipinski definition) is 1. The van der Waals surface area contributed by atoms with E-state index in [0.29, 0.717) is 5.75 Å². The van der Waals surface area contributed by atoms with Crippen LogP contribution in [0.5, 0.6) is 5.75 Å². The van der Waals surface area contributed by atoms with Crippen molar-refractivity contribution in [1.82, 2.24) is 0 Å². The van der Waals surface area contributed by atoms with Gasteiger partial charge in [-0.25, -0.2) is 0 Å². The fraction of sp³-hybridized carbons (Fsp3) is 0.250. The van der Waals surface area contributed by atoms with Gasteiger partial charge in [0.15, 0.2) is 0 Å².